The third-order valence-electron chi connectivity index (χ3n) is 4.52. The fraction of sp³-hybridized carbons (Fsp3) is 0.316. The van der Waals surface area contributed by atoms with Crippen molar-refractivity contribution >= 4 is 17.4 Å². The van der Waals surface area contributed by atoms with Crippen LogP contribution >= 0.6 is 0 Å². The summed E-state index contributed by atoms with van der Waals surface area (Å²) in [5.74, 6) is -0.247. The topological polar surface area (TPSA) is 78.7 Å². The van der Waals surface area contributed by atoms with Gasteiger partial charge in [0.2, 0.25) is 0 Å². The smallest absolute Gasteiger partial charge is 0.321 e. The molecule has 7 nitrogen and oxygen atoms in total. The van der Waals surface area contributed by atoms with Crippen molar-refractivity contribution < 1.29 is 14.1 Å². The molecule has 142 valence electrons. The fourth-order valence-electron chi connectivity index (χ4n) is 3.05. The molecule has 0 aliphatic carbocycles. The Morgan fingerprint density at radius 3 is 2.41 bits per heavy atom. The maximum atomic E-state index is 13.0. The van der Waals surface area contributed by atoms with E-state index in [2.05, 4.69) is 10.2 Å². The lowest BCUT2D eigenvalue weighted by molar-refractivity contribution is -0.384. The van der Waals surface area contributed by atoms with Crippen molar-refractivity contribution in [2.24, 2.45) is 0 Å². The number of carbonyl (C=O) groups is 1. The van der Waals surface area contributed by atoms with Crippen molar-refractivity contribution in [3.8, 4) is 0 Å². The Morgan fingerprint density at radius 1 is 1.04 bits per heavy atom. The number of nitrogens with zero attached hydrogens (tertiary/aromatic N) is 3. The first-order valence-electron chi connectivity index (χ1n) is 8.78. The number of anilines is 1. The van der Waals surface area contributed by atoms with Gasteiger partial charge in [-0.15, -0.1) is 0 Å². The quantitative estimate of drug-likeness (QED) is 0.658. The van der Waals surface area contributed by atoms with Gasteiger partial charge in [0.1, 0.15) is 5.82 Å². The lowest BCUT2D eigenvalue weighted by Gasteiger charge is -2.22. The number of carbonyl (C=O) groups excluding carboxylic acids is 1. The second-order valence-corrected chi connectivity index (χ2v) is 6.48. The summed E-state index contributed by atoms with van der Waals surface area (Å²) in [6.07, 6.45) is 0.842. The zero-order valence-electron chi connectivity index (χ0n) is 14.8. The SMILES string of the molecule is O=C(Nc1ccc([N+](=O)[O-])cc1)N1CCCN(Cc2ccc(F)cc2)CC1. The molecule has 2 aromatic rings. The number of rotatable bonds is 4. The first-order chi connectivity index (χ1) is 13.0. The Bertz CT molecular complexity index is 796. The van der Waals surface area contributed by atoms with Crippen LogP contribution in [-0.2, 0) is 6.54 Å². The summed E-state index contributed by atoms with van der Waals surface area (Å²) < 4.78 is 13.0. The number of nitro benzene ring substituents is 1. The van der Waals surface area contributed by atoms with Gasteiger partial charge in [-0.2, -0.15) is 0 Å². The van der Waals surface area contributed by atoms with Crippen molar-refractivity contribution in [1.29, 1.82) is 0 Å². The Morgan fingerprint density at radius 2 is 1.74 bits per heavy atom. The Hall–Kier alpha value is -3.00. The van der Waals surface area contributed by atoms with Crippen LogP contribution in [0.5, 0.6) is 0 Å². The van der Waals surface area contributed by atoms with Crippen molar-refractivity contribution in [2.75, 3.05) is 31.5 Å². The lowest BCUT2D eigenvalue weighted by atomic mass is 10.2. The van der Waals surface area contributed by atoms with E-state index >= 15 is 0 Å². The van der Waals surface area contributed by atoms with Gasteiger partial charge in [0, 0.05) is 50.5 Å². The molecule has 2 aromatic carbocycles. The molecule has 0 aromatic heterocycles. The van der Waals surface area contributed by atoms with Crippen LogP contribution < -0.4 is 5.32 Å². The predicted octanol–water partition coefficient (Wildman–Crippen LogP) is 3.47. The molecule has 8 heteroatoms. The lowest BCUT2D eigenvalue weighted by Crippen LogP contribution is -2.38. The number of hydrogen-bond donors (Lipinski definition) is 1. The molecule has 0 bridgehead atoms. The second kappa shape index (κ2) is 8.59. The van der Waals surface area contributed by atoms with Crippen LogP contribution in [0.1, 0.15) is 12.0 Å². The minimum absolute atomic E-state index is 0.0146. The van der Waals surface area contributed by atoms with E-state index < -0.39 is 4.92 Å². The molecule has 0 atom stereocenters. The number of benzene rings is 2. The van der Waals surface area contributed by atoms with Crippen LogP contribution in [0.15, 0.2) is 48.5 Å². The number of urea groups is 1. The maximum absolute atomic E-state index is 13.0. The summed E-state index contributed by atoms with van der Waals surface area (Å²) in [5.41, 5.74) is 1.55. The minimum atomic E-state index is -0.476. The molecule has 27 heavy (non-hydrogen) atoms. The number of nitrogens with one attached hydrogen (secondary N) is 1. The summed E-state index contributed by atoms with van der Waals surface area (Å²) in [4.78, 5) is 26.7. The minimum Gasteiger partial charge on any atom is -0.323 e. The Kier molecular flexibility index (Phi) is 5.97. The normalized spacial score (nSPS) is 15.2. The van der Waals surface area contributed by atoms with E-state index in [1.165, 1.54) is 36.4 Å². The van der Waals surface area contributed by atoms with Crippen LogP contribution in [0.2, 0.25) is 0 Å². The third-order valence-corrected chi connectivity index (χ3v) is 4.52. The third kappa shape index (κ3) is 5.24. The van der Waals surface area contributed by atoms with Gasteiger partial charge < -0.3 is 10.2 Å². The van der Waals surface area contributed by atoms with Gasteiger partial charge in [-0.1, -0.05) is 12.1 Å². The molecule has 1 N–H and O–H groups in total. The molecular weight excluding hydrogens is 351 g/mol. The van der Waals surface area contributed by atoms with E-state index in [0.29, 0.717) is 18.8 Å². The number of nitro groups is 1. The van der Waals surface area contributed by atoms with Crippen LogP contribution in [0.3, 0.4) is 0 Å². The summed E-state index contributed by atoms with van der Waals surface area (Å²) in [5, 5.41) is 13.5. The molecule has 1 saturated heterocycles. The molecule has 1 aliphatic heterocycles. The predicted molar refractivity (Wildman–Crippen MR) is 100.0 cm³/mol. The molecule has 1 heterocycles. The van der Waals surface area contributed by atoms with Gasteiger partial charge in [-0.3, -0.25) is 15.0 Å². The van der Waals surface area contributed by atoms with Crippen LogP contribution in [0.25, 0.3) is 0 Å². The largest absolute Gasteiger partial charge is 0.323 e. The van der Waals surface area contributed by atoms with E-state index in [1.807, 2.05) is 0 Å². The first-order valence-corrected chi connectivity index (χ1v) is 8.78. The highest BCUT2D eigenvalue weighted by molar-refractivity contribution is 5.89. The van der Waals surface area contributed by atoms with E-state index in [0.717, 1.165) is 31.6 Å². The second-order valence-electron chi connectivity index (χ2n) is 6.48. The first kappa shape index (κ1) is 18.8. The highest BCUT2D eigenvalue weighted by Crippen LogP contribution is 2.16. The molecular formula is C19H21FN4O3. The molecule has 2 amide bonds. The maximum Gasteiger partial charge on any atom is 0.321 e. The number of amides is 2. The van der Waals surface area contributed by atoms with Crippen molar-refractivity contribution in [3.05, 3.63) is 70.0 Å². The van der Waals surface area contributed by atoms with Gasteiger partial charge in [-0.25, -0.2) is 9.18 Å². The van der Waals surface area contributed by atoms with Crippen LogP contribution in [0.4, 0.5) is 20.6 Å². The summed E-state index contributed by atoms with van der Waals surface area (Å²) in [7, 11) is 0. The van der Waals surface area contributed by atoms with Crippen LogP contribution in [-0.4, -0.2) is 46.9 Å². The van der Waals surface area contributed by atoms with E-state index in [9.17, 15) is 19.3 Å². The summed E-state index contributed by atoms with van der Waals surface area (Å²) in [6, 6.07) is 12.0. The molecule has 0 unspecified atom stereocenters. The van der Waals surface area contributed by atoms with E-state index in [4.69, 9.17) is 0 Å². The van der Waals surface area contributed by atoms with Gasteiger partial charge in [-0.05, 0) is 36.2 Å². The van der Waals surface area contributed by atoms with E-state index in [1.54, 1.807) is 17.0 Å². The zero-order valence-corrected chi connectivity index (χ0v) is 14.8. The van der Waals surface area contributed by atoms with Crippen molar-refractivity contribution in [3.63, 3.8) is 0 Å². The van der Waals surface area contributed by atoms with Crippen molar-refractivity contribution in [2.45, 2.75) is 13.0 Å². The molecule has 1 fully saturated rings. The van der Waals surface area contributed by atoms with Gasteiger partial charge >= 0.3 is 6.03 Å². The fourth-order valence-corrected chi connectivity index (χ4v) is 3.05. The highest BCUT2D eigenvalue weighted by Gasteiger charge is 2.19. The zero-order chi connectivity index (χ0) is 19.2. The molecule has 0 radical (unpaired) electrons. The summed E-state index contributed by atoms with van der Waals surface area (Å²) in [6.45, 7) is 3.53. The average molecular weight is 372 g/mol. The van der Waals surface area contributed by atoms with Crippen LogP contribution in [0, 0.1) is 15.9 Å². The van der Waals surface area contributed by atoms with Crippen molar-refractivity contribution in [1.82, 2.24) is 9.80 Å². The Balaban J connectivity index is 1.53. The number of non-ortho nitro benzene ring substituents is 1. The Labute approximate surface area is 156 Å². The van der Waals surface area contributed by atoms with Gasteiger partial charge in [0.25, 0.3) is 5.69 Å². The highest BCUT2D eigenvalue weighted by atomic mass is 19.1. The number of halogens is 1. The van der Waals surface area contributed by atoms with E-state index in [-0.39, 0.29) is 17.5 Å². The molecule has 3 rings (SSSR count). The average Bonchev–Trinajstić information content (AvgIpc) is 2.90. The standard InChI is InChI=1S/C19H21FN4O3/c20-16-4-2-15(3-5-16)14-22-10-1-11-23(13-12-22)19(25)21-17-6-8-18(9-7-17)24(26)27/h2-9H,1,10-14H2,(H,21,25). The number of hydrogen-bond acceptors (Lipinski definition) is 4. The molecule has 0 spiro atoms. The van der Waals surface area contributed by atoms with Gasteiger partial charge in [0.05, 0.1) is 4.92 Å². The monoisotopic (exact) mass is 372 g/mol. The summed E-state index contributed by atoms with van der Waals surface area (Å²) >= 11 is 0. The van der Waals surface area contributed by atoms with Gasteiger partial charge in [0.15, 0.2) is 0 Å². The molecule has 0 saturated carbocycles. The molecule has 1 aliphatic rings.